The fourth-order valence-electron chi connectivity index (χ4n) is 2.01. The van der Waals surface area contributed by atoms with Crippen LogP contribution in [0, 0.1) is 13.8 Å². The molecule has 0 fully saturated rings. The number of hydrazone groups is 1. The summed E-state index contributed by atoms with van der Waals surface area (Å²) < 4.78 is 10.6. The summed E-state index contributed by atoms with van der Waals surface area (Å²) in [6.45, 7) is 4.40. The number of esters is 1. The average molecular weight is 290 g/mol. The van der Waals surface area contributed by atoms with Gasteiger partial charge in [0.15, 0.2) is 0 Å². The summed E-state index contributed by atoms with van der Waals surface area (Å²) in [6, 6.07) is 5.91. The Labute approximate surface area is 123 Å². The Hall–Kier alpha value is -2.37. The van der Waals surface area contributed by atoms with Crippen molar-refractivity contribution in [2.45, 2.75) is 26.7 Å². The third-order valence-corrected chi connectivity index (χ3v) is 2.92. The topological polar surface area (TPSA) is 77.0 Å². The molecule has 1 aliphatic heterocycles. The van der Waals surface area contributed by atoms with E-state index in [0.29, 0.717) is 6.42 Å². The lowest BCUT2D eigenvalue weighted by Gasteiger charge is -2.12. The number of rotatable bonds is 5. The van der Waals surface area contributed by atoms with Gasteiger partial charge in [0, 0.05) is 12.8 Å². The van der Waals surface area contributed by atoms with Gasteiger partial charge in [0.1, 0.15) is 24.7 Å². The lowest BCUT2D eigenvalue weighted by molar-refractivity contribution is -0.136. The van der Waals surface area contributed by atoms with E-state index < -0.39 is 5.97 Å². The summed E-state index contributed by atoms with van der Waals surface area (Å²) in [6.07, 6.45) is 0.565. The van der Waals surface area contributed by atoms with Crippen LogP contribution in [0.4, 0.5) is 0 Å². The van der Waals surface area contributed by atoms with Crippen LogP contribution in [0.25, 0.3) is 0 Å². The molecular formula is C15H18N2O4. The number of nitrogens with zero attached hydrogens (tertiary/aromatic N) is 1. The van der Waals surface area contributed by atoms with Gasteiger partial charge in [-0.05, 0) is 37.1 Å². The molecule has 0 radical (unpaired) electrons. The first-order valence-electron chi connectivity index (χ1n) is 6.78. The third-order valence-electron chi connectivity index (χ3n) is 2.92. The highest BCUT2D eigenvalue weighted by molar-refractivity contribution is 6.37. The molecule has 0 unspecified atom stereocenters. The molecule has 0 saturated heterocycles. The molecule has 2 rings (SSSR count). The van der Waals surface area contributed by atoms with Crippen LogP contribution in [0.1, 0.15) is 24.0 Å². The quantitative estimate of drug-likeness (QED) is 0.658. The van der Waals surface area contributed by atoms with E-state index in [-0.39, 0.29) is 31.3 Å². The van der Waals surface area contributed by atoms with Crippen molar-refractivity contribution in [3.05, 3.63) is 29.3 Å². The Balaban J connectivity index is 1.74. The number of carbonyl (C=O) groups excluding carboxylic acids is 2. The summed E-state index contributed by atoms with van der Waals surface area (Å²) in [7, 11) is 0. The Morgan fingerprint density at radius 1 is 1.19 bits per heavy atom. The van der Waals surface area contributed by atoms with Crippen LogP contribution >= 0.6 is 0 Å². The smallest absolute Gasteiger partial charge is 0.354 e. The SMILES string of the molecule is Cc1cc(C)cc(OCCOC(=O)C2=NNC(=O)CC2)c1. The van der Waals surface area contributed by atoms with Gasteiger partial charge < -0.3 is 9.47 Å². The average Bonchev–Trinajstić information content (AvgIpc) is 2.43. The van der Waals surface area contributed by atoms with E-state index in [4.69, 9.17) is 9.47 Å². The second-order valence-electron chi connectivity index (χ2n) is 4.90. The highest BCUT2D eigenvalue weighted by Gasteiger charge is 2.19. The molecule has 112 valence electrons. The summed E-state index contributed by atoms with van der Waals surface area (Å²) in [4.78, 5) is 22.6. The molecule has 1 aliphatic rings. The van der Waals surface area contributed by atoms with E-state index in [1.807, 2.05) is 26.0 Å². The second-order valence-corrected chi connectivity index (χ2v) is 4.90. The molecule has 21 heavy (non-hydrogen) atoms. The van der Waals surface area contributed by atoms with E-state index in [9.17, 15) is 9.59 Å². The van der Waals surface area contributed by atoms with Gasteiger partial charge >= 0.3 is 5.97 Å². The number of hydrogen-bond donors (Lipinski definition) is 1. The van der Waals surface area contributed by atoms with Gasteiger partial charge in [0.25, 0.3) is 0 Å². The fourth-order valence-corrected chi connectivity index (χ4v) is 2.01. The van der Waals surface area contributed by atoms with Gasteiger partial charge in [-0.25, -0.2) is 10.2 Å². The number of carbonyl (C=O) groups is 2. The zero-order chi connectivity index (χ0) is 15.2. The van der Waals surface area contributed by atoms with Gasteiger partial charge in [0.2, 0.25) is 5.91 Å². The number of nitrogens with one attached hydrogen (secondary N) is 1. The van der Waals surface area contributed by atoms with Crippen LogP contribution in [-0.4, -0.2) is 30.8 Å². The molecule has 0 bridgehead atoms. The predicted octanol–water partition coefficient (Wildman–Crippen LogP) is 1.49. The van der Waals surface area contributed by atoms with E-state index in [2.05, 4.69) is 16.6 Å². The molecule has 0 aromatic heterocycles. The number of hydrogen-bond acceptors (Lipinski definition) is 5. The number of benzene rings is 1. The van der Waals surface area contributed by atoms with Crippen LogP contribution in [0.2, 0.25) is 0 Å². The lowest BCUT2D eigenvalue weighted by Crippen LogP contribution is -2.31. The van der Waals surface area contributed by atoms with Crippen molar-refractivity contribution in [1.82, 2.24) is 5.43 Å². The minimum Gasteiger partial charge on any atom is -0.490 e. The van der Waals surface area contributed by atoms with Crippen LogP contribution in [0.5, 0.6) is 5.75 Å². The van der Waals surface area contributed by atoms with Crippen molar-refractivity contribution in [3.63, 3.8) is 0 Å². The van der Waals surface area contributed by atoms with Crippen LogP contribution < -0.4 is 10.2 Å². The normalized spacial score (nSPS) is 14.2. The Morgan fingerprint density at radius 2 is 1.90 bits per heavy atom. The van der Waals surface area contributed by atoms with Gasteiger partial charge in [-0.2, -0.15) is 5.10 Å². The minimum absolute atomic E-state index is 0.138. The largest absolute Gasteiger partial charge is 0.490 e. The Morgan fingerprint density at radius 3 is 2.52 bits per heavy atom. The standard InChI is InChI=1S/C15H18N2O4/c1-10-7-11(2)9-12(8-10)20-5-6-21-15(19)13-3-4-14(18)17-16-13/h7-9H,3-6H2,1-2H3,(H,17,18). The molecule has 6 heteroatoms. The van der Waals surface area contributed by atoms with E-state index in [1.54, 1.807) is 0 Å². The molecule has 1 N–H and O–H groups in total. The van der Waals surface area contributed by atoms with Crippen molar-refractivity contribution in [2.24, 2.45) is 5.10 Å². The summed E-state index contributed by atoms with van der Waals surface area (Å²) >= 11 is 0. The van der Waals surface area contributed by atoms with E-state index in [1.165, 1.54) is 0 Å². The zero-order valence-electron chi connectivity index (χ0n) is 12.1. The van der Waals surface area contributed by atoms with Gasteiger partial charge in [-0.15, -0.1) is 0 Å². The van der Waals surface area contributed by atoms with Crippen molar-refractivity contribution < 1.29 is 19.1 Å². The van der Waals surface area contributed by atoms with E-state index >= 15 is 0 Å². The molecule has 0 atom stereocenters. The van der Waals surface area contributed by atoms with Gasteiger partial charge in [0.05, 0.1) is 0 Å². The molecule has 1 aromatic carbocycles. The second kappa shape index (κ2) is 6.88. The monoisotopic (exact) mass is 290 g/mol. The highest BCUT2D eigenvalue weighted by Crippen LogP contribution is 2.15. The van der Waals surface area contributed by atoms with Crippen LogP contribution in [-0.2, 0) is 14.3 Å². The van der Waals surface area contributed by atoms with Gasteiger partial charge in [-0.3, -0.25) is 4.79 Å². The van der Waals surface area contributed by atoms with Crippen molar-refractivity contribution >= 4 is 17.6 Å². The maximum atomic E-state index is 11.7. The third kappa shape index (κ3) is 4.59. The number of amides is 1. The first-order valence-corrected chi connectivity index (χ1v) is 6.78. The fraction of sp³-hybridized carbons (Fsp3) is 0.400. The predicted molar refractivity (Wildman–Crippen MR) is 77.2 cm³/mol. The van der Waals surface area contributed by atoms with Crippen molar-refractivity contribution in [3.8, 4) is 5.75 Å². The maximum Gasteiger partial charge on any atom is 0.354 e. The molecule has 0 saturated carbocycles. The Kier molecular flexibility index (Phi) is 4.92. The molecule has 0 spiro atoms. The minimum atomic E-state index is -0.515. The maximum absolute atomic E-state index is 11.7. The summed E-state index contributed by atoms with van der Waals surface area (Å²) in [5.41, 5.74) is 4.74. The van der Waals surface area contributed by atoms with Crippen LogP contribution in [0.15, 0.2) is 23.3 Å². The zero-order valence-corrected chi connectivity index (χ0v) is 12.1. The van der Waals surface area contributed by atoms with E-state index in [0.717, 1.165) is 16.9 Å². The van der Waals surface area contributed by atoms with Crippen molar-refractivity contribution in [1.29, 1.82) is 0 Å². The number of aryl methyl sites for hydroxylation is 2. The molecule has 1 aromatic rings. The molecular weight excluding hydrogens is 272 g/mol. The molecule has 1 amide bonds. The first kappa shape index (κ1) is 15.0. The Bertz CT molecular complexity index is 561. The highest BCUT2D eigenvalue weighted by atomic mass is 16.6. The van der Waals surface area contributed by atoms with Crippen molar-refractivity contribution in [2.75, 3.05) is 13.2 Å². The van der Waals surface area contributed by atoms with Gasteiger partial charge in [-0.1, -0.05) is 6.07 Å². The lowest BCUT2D eigenvalue weighted by atomic mass is 10.1. The number of ether oxygens (including phenoxy) is 2. The molecule has 1 heterocycles. The summed E-state index contributed by atoms with van der Waals surface area (Å²) in [5.74, 6) is 0.0505. The summed E-state index contributed by atoms with van der Waals surface area (Å²) in [5, 5.41) is 3.67. The molecule has 0 aliphatic carbocycles. The van der Waals surface area contributed by atoms with Crippen LogP contribution in [0.3, 0.4) is 0 Å². The first-order chi connectivity index (χ1) is 10.0. The molecule has 6 nitrogen and oxygen atoms in total.